The van der Waals surface area contributed by atoms with Crippen molar-refractivity contribution >= 4 is 29.5 Å². The number of fused-ring (bicyclic) bond motifs is 3. The number of pyridine rings is 2. The molecule has 2 heterocycles. The molecule has 0 spiro atoms. The lowest BCUT2D eigenvalue weighted by molar-refractivity contribution is 0.142. The summed E-state index contributed by atoms with van der Waals surface area (Å²) in [4.78, 5) is 22.2. The second-order valence-electron chi connectivity index (χ2n) is 9.89. The van der Waals surface area contributed by atoms with Crippen molar-refractivity contribution in [1.82, 2.24) is 15.3 Å². The molecule has 2 aromatic heterocycles. The highest BCUT2D eigenvalue weighted by molar-refractivity contribution is 7.99. The topological polar surface area (TPSA) is 108 Å². The smallest absolute Gasteiger partial charge is 0.407 e. The van der Waals surface area contributed by atoms with E-state index in [4.69, 9.17) is 16.3 Å². The minimum absolute atomic E-state index is 0.0517. The van der Waals surface area contributed by atoms with Crippen LogP contribution in [0.3, 0.4) is 0 Å². The van der Waals surface area contributed by atoms with Gasteiger partial charge in [0, 0.05) is 35.3 Å². The lowest BCUT2D eigenvalue weighted by atomic mass is 9.98. The van der Waals surface area contributed by atoms with E-state index in [0.717, 1.165) is 38.9 Å². The number of aliphatic hydroxyl groups excluding tert-OH is 1. The molecule has 0 saturated heterocycles. The van der Waals surface area contributed by atoms with Crippen LogP contribution in [-0.2, 0) is 17.9 Å². The van der Waals surface area contributed by atoms with Gasteiger partial charge < -0.3 is 15.2 Å². The monoisotopic (exact) mass is 604 g/mol. The van der Waals surface area contributed by atoms with Gasteiger partial charge in [-0.2, -0.15) is 5.26 Å². The number of carbonyl (C=O) groups excluding carboxylic acids is 1. The molecule has 0 unspecified atom stereocenters. The molecule has 2 N–H and O–H groups in total. The van der Waals surface area contributed by atoms with Crippen molar-refractivity contribution in [2.24, 2.45) is 0 Å². The number of nitriles is 1. The van der Waals surface area contributed by atoms with Gasteiger partial charge in [-0.15, -0.1) is 0 Å². The Morgan fingerprint density at radius 2 is 1.67 bits per heavy atom. The van der Waals surface area contributed by atoms with Crippen LogP contribution in [0.5, 0.6) is 0 Å². The number of benzene rings is 3. The summed E-state index contributed by atoms with van der Waals surface area (Å²) in [6, 6.07) is 29.2. The van der Waals surface area contributed by atoms with Gasteiger partial charge in [0.05, 0.1) is 11.6 Å². The number of alkyl carbamates (subject to hydrolysis) is 1. The number of aliphatic hydroxyl groups is 1. The second kappa shape index (κ2) is 12.7. The summed E-state index contributed by atoms with van der Waals surface area (Å²) in [6.45, 7) is 0.154. The Balaban J connectivity index is 1.24. The van der Waals surface area contributed by atoms with E-state index in [1.807, 2.05) is 30.3 Å². The van der Waals surface area contributed by atoms with E-state index >= 15 is 0 Å². The third-order valence-corrected chi connectivity index (χ3v) is 8.97. The van der Waals surface area contributed by atoms with Crippen LogP contribution in [0.4, 0.5) is 4.79 Å². The Bertz CT molecular complexity index is 1830. The molecule has 0 saturated carbocycles. The third-order valence-electron chi connectivity index (χ3n) is 7.31. The van der Waals surface area contributed by atoms with Gasteiger partial charge in [-0.05, 0) is 69.3 Å². The van der Waals surface area contributed by atoms with Crippen molar-refractivity contribution in [3.8, 4) is 28.3 Å². The first kappa shape index (κ1) is 28.4. The molecular formula is C34H25ClN4O3S. The first-order valence-corrected chi connectivity index (χ1v) is 14.8. The number of carbonyl (C=O) groups is 1. The summed E-state index contributed by atoms with van der Waals surface area (Å²) in [6.07, 6.45) is 2.67. The average molecular weight is 605 g/mol. The van der Waals surface area contributed by atoms with Crippen molar-refractivity contribution in [2.75, 3.05) is 6.61 Å². The van der Waals surface area contributed by atoms with E-state index in [0.29, 0.717) is 20.5 Å². The summed E-state index contributed by atoms with van der Waals surface area (Å²) in [7, 11) is 0. The molecule has 0 bridgehead atoms. The van der Waals surface area contributed by atoms with E-state index in [-0.39, 0.29) is 31.4 Å². The summed E-state index contributed by atoms with van der Waals surface area (Å²) >= 11 is 8.14. The molecule has 7 nitrogen and oxygen atoms in total. The maximum Gasteiger partial charge on any atom is 0.407 e. The van der Waals surface area contributed by atoms with Crippen LogP contribution >= 0.6 is 23.4 Å². The molecular weight excluding hydrogens is 580 g/mol. The Kier molecular flexibility index (Phi) is 8.38. The largest absolute Gasteiger partial charge is 0.449 e. The number of hydrogen-bond donors (Lipinski definition) is 2. The van der Waals surface area contributed by atoms with Crippen LogP contribution in [0.2, 0.25) is 5.02 Å². The summed E-state index contributed by atoms with van der Waals surface area (Å²) in [5.41, 5.74) is 7.80. The zero-order valence-electron chi connectivity index (χ0n) is 22.8. The summed E-state index contributed by atoms with van der Waals surface area (Å²) < 4.78 is 5.75. The Morgan fingerprint density at radius 1 is 0.930 bits per heavy atom. The van der Waals surface area contributed by atoms with Gasteiger partial charge in [-0.3, -0.25) is 0 Å². The fourth-order valence-electron chi connectivity index (χ4n) is 5.28. The van der Waals surface area contributed by atoms with Crippen molar-refractivity contribution in [2.45, 2.75) is 29.0 Å². The number of nitrogens with one attached hydrogen (secondary N) is 1. The number of nitrogens with zero attached hydrogens (tertiary/aromatic N) is 3. The van der Waals surface area contributed by atoms with Gasteiger partial charge in [-0.1, -0.05) is 78.0 Å². The third kappa shape index (κ3) is 5.97. The van der Waals surface area contributed by atoms with Crippen molar-refractivity contribution < 1.29 is 14.6 Å². The summed E-state index contributed by atoms with van der Waals surface area (Å²) in [5.74, 6) is -0.0517. The second-order valence-corrected chi connectivity index (χ2v) is 11.3. The van der Waals surface area contributed by atoms with Crippen molar-refractivity contribution in [1.29, 1.82) is 5.26 Å². The Labute approximate surface area is 258 Å². The molecule has 43 heavy (non-hydrogen) atoms. The molecule has 1 aliphatic rings. The van der Waals surface area contributed by atoms with Crippen LogP contribution in [0.25, 0.3) is 22.3 Å². The number of aromatic nitrogens is 2. The van der Waals surface area contributed by atoms with Crippen LogP contribution in [0, 0.1) is 11.3 Å². The molecule has 0 aliphatic heterocycles. The van der Waals surface area contributed by atoms with Gasteiger partial charge in [0.1, 0.15) is 23.4 Å². The first-order valence-electron chi connectivity index (χ1n) is 13.6. The first-order chi connectivity index (χ1) is 21.1. The van der Waals surface area contributed by atoms with Crippen LogP contribution in [0.15, 0.2) is 107 Å². The maximum atomic E-state index is 13.0. The number of ether oxygens (including phenoxy) is 1. The Hall–Kier alpha value is -4.68. The SMILES string of the molecule is N#Cc1cc(-c2cc(Cl)c(Sc3ncccc3CO)c(CNC(=O)OCC3c4ccccc4-c4ccccc43)c2)ccn1. The molecule has 0 atom stereocenters. The predicted molar refractivity (Wildman–Crippen MR) is 166 cm³/mol. The normalized spacial score (nSPS) is 11.8. The lowest BCUT2D eigenvalue weighted by Crippen LogP contribution is -2.26. The summed E-state index contributed by atoms with van der Waals surface area (Å²) in [5, 5.41) is 23.1. The molecule has 212 valence electrons. The Morgan fingerprint density at radius 3 is 2.40 bits per heavy atom. The molecule has 1 aliphatic carbocycles. The zero-order chi connectivity index (χ0) is 29.8. The van der Waals surface area contributed by atoms with Crippen molar-refractivity contribution in [3.05, 3.63) is 130 Å². The van der Waals surface area contributed by atoms with Crippen LogP contribution in [0.1, 0.15) is 33.9 Å². The van der Waals surface area contributed by atoms with E-state index in [9.17, 15) is 15.2 Å². The zero-order valence-corrected chi connectivity index (χ0v) is 24.4. The van der Waals surface area contributed by atoms with Gasteiger partial charge in [0.2, 0.25) is 0 Å². The van der Waals surface area contributed by atoms with E-state index in [2.05, 4.69) is 45.6 Å². The molecule has 3 aromatic carbocycles. The fraction of sp³-hybridized carbons (Fsp3) is 0.118. The maximum absolute atomic E-state index is 13.0. The number of amides is 1. The van der Waals surface area contributed by atoms with E-state index in [1.54, 1.807) is 42.7 Å². The highest BCUT2D eigenvalue weighted by Crippen LogP contribution is 2.44. The fourth-order valence-corrected chi connectivity index (χ4v) is 6.63. The molecule has 0 fully saturated rings. The predicted octanol–water partition coefficient (Wildman–Crippen LogP) is 7.35. The van der Waals surface area contributed by atoms with Crippen LogP contribution in [-0.4, -0.2) is 27.8 Å². The minimum Gasteiger partial charge on any atom is -0.449 e. The van der Waals surface area contributed by atoms with Gasteiger partial charge in [0.25, 0.3) is 0 Å². The highest BCUT2D eigenvalue weighted by Gasteiger charge is 2.29. The highest BCUT2D eigenvalue weighted by atomic mass is 35.5. The molecule has 0 radical (unpaired) electrons. The number of hydrogen-bond acceptors (Lipinski definition) is 7. The van der Waals surface area contributed by atoms with Gasteiger partial charge in [-0.25, -0.2) is 14.8 Å². The number of rotatable bonds is 8. The molecule has 1 amide bonds. The van der Waals surface area contributed by atoms with Crippen molar-refractivity contribution in [3.63, 3.8) is 0 Å². The van der Waals surface area contributed by atoms with Gasteiger partial charge >= 0.3 is 6.09 Å². The standard InChI is InChI=1S/C34H25ClN4O3S/c35-31-16-23(21-11-13-37-25(15-21)17-36)14-24(32(31)43-33-22(19-40)6-5-12-38-33)18-39-34(41)42-20-30-28-9-3-1-7-26(28)27-8-2-4-10-29(27)30/h1-16,30,40H,18-20H2,(H,39,41). The molecule has 6 rings (SSSR count). The molecule has 5 aromatic rings. The van der Waals surface area contributed by atoms with E-state index < -0.39 is 6.09 Å². The average Bonchev–Trinajstić information content (AvgIpc) is 3.37. The minimum atomic E-state index is -0.552. The number of halogens is 1. The quantitative estimate of drug-likeness (QED) is 0.191. The van der Waals surface area contributed by atoms with Crippen LogP contribution < -0.4 is 5.32 Å². The lowest BCUT2D eigenvalue weighted by Gasteiger charge is -2.17. The molecule has 9 heteroatoms. The van der Waals surface area contributed by atoms with E-state index in [1.165, 1.54) is 11.8 Å². The van der Waals surface area contributed by atoms with Gasteiger partial charge in [0.15, 0.2) is 0 Å².